The summed E-state index contributed by atoms with van der Waals surface area (Å²) in [6, 6.07) is 7.64. The highest BCUT2D eigenvalue weighted by molar-refractivity contribution is 7.17. The van der Waals surface area contributed by atoms with Crippen molar-refractivity contribution in [1.82, 2.24) is 19.5 Å². The highest BCUT2D eigenvalue weighted by Crippen LogP contribution is 2.40. The van der Waals surface area contributed by atoms with Gasteiger partial charge >= 0.3 is 0 Å². The van der Waals surface area contributed by atoms with Crippen LogP contribution in [0.2, 0.25) is 0 Å². The summed E-state index contributed by atoms with van der Waals surface area (Å²) in [6.07, 6.45) is 1.50. The zero-order valence-electron chi connectivity index (χ0n) is 15.2. The Morgan fingerprint density at radius 1 is 1.35 bits per heavy atom. The van der Waals surface area contributed by atoms with Crippen LogP contribution in [0.15, 0.2) is 30.6 Å². The minimum atomic E-state index is -0.226. The highest BCUT2D eigenvalue weighted by atomic mass is 32.1. The SMILES string of the molecule is CCN(CCO)C(c1cccc(OC(C)C)c1)c1sc2ncnn2c1O. The predicted molar refractivity (Wildman–Crippen MR) is 101 cm³/mol. The summed E-state index contributed by atoms with van der Waals surface area (Å²) in [7, 11) is 0. The molecular formula is C18H24N4O3S. The van der Waals surface area contributed by atoms with E-state index in [1.165, 1.54) is 22.2 Å². The van der Waals surface area contributed by atoms with Gasteiger partial charge in [-0.25, -0.2) is 4.98 Å². The van der Waals surface area contributed by atoms with Gasteiger partial charge in [0.2, 0.25) is 10.8 Å². The Bertz CT molecular complexity index is 861. The maximum Gasteiger partial charge on any atom is 0.230 e. The molecule has 0 aliphatic carbocycles. The van der Waals surface area contributed by atoms with Crippen molar-refractivity contribution in [2.24, 2.45) is 0 Å². The number of aliphatic hydroxyl groups is 1. The van der Waals surface area contributed by atoms with Crippen LogP contribution in [0, 0.1) is 0 Å². The summed E-state index contributed by atoms with van der Waals surface area (Å²) in [6.45, 7) is 7.25. The first-order chi connectivity index (χ1) is 12.5. The van der Waals surface area contributed by atoms with E-state index >= 15 is 0 Å². The Kier molecular flexibility index (Phi) is 5.75. The standard InChI is InChI=1S/C18H24N4O3S/c1-4-21(8-9-23)15(13-6-5-7-14(10-13)25-12(2)3)16-17(24)22-18(26-16)19-11-20-22/h5-7,10-12,15,23-24H,4,8-9H2,1-3H3. The lowest BCUT2D eigenvalue weighted by atomic mass is 10.0. The van der Waals surface area contributed by atoms with Crippen LogP contribution in [-0.4, -0.2) is 55.5 Å². The van der Waals surface area contributed by atoms with Crippen molar-refractivity contribution < 1.29 is 14.9 Å². The van der Waals surface area contributed by atoms with E-state index in [0.29, 0.717) is 18.1 Å². The molecule has 0 fully saturated rings. The molecule has 8 heteroatoms. The molecule has 0 spiro atoms. The van der Waals surface area contributed by atoms with Crippen molar-refractivity contribution in [3.05, 3.63) is 41.0 Å². The highest BCUT2D eigenvalue weighted by Gasteiger charge is 2.28. The minimum absolute atomic E-state index is 0.0358. The van der Waals surface area contributed by atoms with E-state index in [1.807, 2.05) is 45.0 Å². The van der Waals surface area contributed by atoms with Gasteiger partial charge in [0, 0.05) is 6.54 Å². The molecular weight excluding hydrogens is 352 g/mol. The summed E-state index contributed by atoms with van der Waals surface area (Å²) in [5, 5.41) is 24.3. The average Bonchev–Trinajstić information content (AvgIpc) is 3.18. The van der Waals surface area contributed by atoms with Crippen molar-refractivity contribution in [3.8, 4) is 11.6 Å². The van der Waals surface area contributed by atoms with E-state index in [2.05, 4.69) is 15.0 Å². The van der Waals surface area contributed by atoms with Crippen LogP contribution in [-0.2, 0) is 0 Å². The first kappa shape index (κ1) is 18.6. The largest absolute Gasteiger partial charge is 0.492 e. The summed E-state index contributed by atoms with van der Waals surface area (Å²) in [5.74, 6) is 0.862. The van der Waals surface area contributed by atoms with Crippen molar-refractivity contribution in [2.75, 3.05) is 19.7 Å². The first-order valence-electron chi connectivity index (χ1n) is 8.68. The number of hydrogen-bond acceptors (Lipinski definition) is 7. The lowest BCUT2D eigenvalue weighted by Crippen LogP contribution is -2.31. The summed E-state index contributed by atoms with van der Waals surface area (Å²) >= 11 is 1.40. The molecule has 26 heavy (non-hydrogen) atoms. The number of aromatic hydroxyl groups is 1. The molecule has 1 aromatic carbocycles. The van der Waals surface area contributed by atoms with E-state index in [-0.39, 0.29) is 24.6 Å². The number of thiazole rings is 1. The molecule has 0 aliphatic rings. The monoisotopic (exact) mass is 376 g/mol. The second kappa shape index (κ2) is 8.03. The van der Waals surface area contributed by atoms with Crippen LogP contribution >= 0.6 is 11.3 Å². The third kappa shape index (κ3) is 3.67. The summed E-state index contributed by atoms with van der Waals surface area (Å²) < 4.78 is 7.27. The molecule has 7 nitrogen and oxygen atoms in total. The molecule has 1 unspecified atom stereocenters. The number of fused-ring (bicyclic) bond motifs is 1. The Hall–Kier alpha value is -2.16. The fraction of sp³-hybridized carbons (Fsp3) is 0.444. The molecule has 1 atom stereocenters. The number of hydrogen-bond donors (Lipinski definition) is 2. The fourth-order valence-electron chi connectivity index (χ4n) is 3.03. The van der Waals surface area contributed by atoms with Gasteiger partial charge in [-0.3, -0.25) is 4.90 Å². The van der Waals surface area contributed by atoms with Gasteiger partial charge in [-0.15, -0.1) is 0 Å². The molecule has 0 saturated carbocycles. The topological polar surface area (TPSA) is 83.1 Å². The van der Waals surface area contributed by atoms with E-state index in [0.717, 1.165) is 16.2 Å². The molecule has 0 bridgehead atoms. The van der Waals surface area contributed by atoms with E-state index < -0.39 is 0 Å². The number of ether oxygens (including phenoxy) is 1. The molecule has 140 valence electrons. The van der Waals surface area contributed by atoms with Crippen molar-refractivity contribution in [2.45, 2.75) is 32.9 Å². The number of nitrogens with zero attached hydrogens (tertiary/aromatic N) is 4. The van der Waals surface area contributed by atoms with Crippen LogP contribution in [0.1, 0.15) is 37.3 Å². The van der Waals surface area contributed by atoms with Crippen LogP contribution < -0.4 is 4.74 Å². The zero-order chi connectivity index (χ0) is 18.7. The quantitative estimate of drug-likeness (QED) is 0.629. The minimum Gasteiger partial charge on any atom is -0.492 e. The van der Waals surface area contributed by atoms with Crippen molar-refractivity contribution in [1.29, 1.82) is 0 Å². The number of benzene rings is 1. The van der Waals surface area contributed by atoms with E-state index in [1.54, 1.807) is 0 Å². The third-order valence-corrected chi connectivity index (χ3v) is 5.18. The predicted octanol–water partition coefficient (Wildman–Crippen LogP) is 2.69. The van der Waals surface area contributed by atoms with E-state index in [9.17, 15) is 10.2 Å². The molecule has 0 saturated heterocycles. The maximum atomic E-state index is 10.7. The molecule has 2 aromatic heterocycles. The molecule has 0 aliphatic heterocycles. The summed E-state index contributed by atoms with van der Waals surface area (Å²) in [5.41, 5.74) is 0.984. The third-order valence-electron chi connectivity index (χ3n) is 4.09. The fourth-order valence-corrected chi connectivity index (χ4v) is 4.12. The number of rotatable bonds is 8. The van der Waals surface area contributed by atoms with Crippen LogP contribution in [0.4, 0.5) is 0 Å². The van der Waals surface area contributed by atoms with Gasteiger partial charge in [-0.1, -0.05) is 30.4 Å². The van der Waals surface area contributed by atoms with Gasteiger partial charge in [-0.05, 0) is 38.1 Å². The van der Waals surface area contributed by atoms with Crippen LogP contribution in [0.3, 0.4) is 0 Å². The van der Waals surface area contributed by atoms with Crippen LogP contribution in [0.5, 0.6) is 11.6 Å². The first-order valence-corrected chi connectivity index (χ1v) is 9.49. The number of aromatic nitrogens is 3. The zero-order valence-corrected chi connectivity index (χ0v) is 16.0. The Labute approximate surface area is 156 Å². The molecule has 3 rings (SSSR count). The maximum absolute atomic E-state index is 10.7. The Balaban J connectivity index is 2.09. The molecule has 0 radical (unpaired) electrons. The molecule has 2 N–H and O–H groups in total. The second-order valence-electron chi connectivity index (χ2n) is 6.24. The van der Waals surface area contributed by atoms with Gasteiger partial charge in [0.25, 0.3) is 0 Å². The normalized spacial score (nSPS) is 13.0. The Morgan fingerprint density at radius 3 is 2.81 bits per heavy atom. The van der Waals surface area contributed by atoms with Gasteiger partial charge < -0.3 is 14.9 Å². The van der Waals surface area contributed by atoms with Gasteiger partial charge in [0.1, 0.15) is 12.1 Å². The number of aliphatic hydroxyl groups excluding tert-OH is 1. The van der Waals surface area contributed by atoms with Gasteiger partial charge in [0.15, 0.2) is 0 Å². The molecule has 2 heterocycles. The summed E-state index contributed by atoms with van der Waals surface area (Å²) in [4.78, 5) is 7.68. The van der Waals surface area contributed by atoms with Gasteiger partial charge in [-0.2, -0.15) is 9.61 Å². The van der Waals surface area contributed by atoms with Crippen LogP contribution in [0.25, 0.3) is 4.96 Å². The lowest BCUT2D eigenvalue weighted by molar-refractivity contribution is 0.173. The van der Waals surface area contributed by atoms with E-state index in [4.69, 9.17) is 4.74 Å². The molecule has 0 amide bonds. The van der Waals surface area contributed by atoms with Crippen molar-refractivity contribution in [3.63, 3.8) is 0 Å². The average molecular weight is 376 g/mol. The number of likely N-dealkylation sites (N-methyl/N-ethyl adjacent to an activating group) is 1. The van der Waals surface area contributed by atoms with Gasteiger partial charge in [0.05, 0.1) is 23.6 Å². The molecule has 3 aromatic rings. The van der Waals surface area contributed by atoms with Crippen molar-refractivity contribution >= 4 is 16.3 Å². The second-order valence-corrected chi connectivity index (χ2v) is 7.25. The lowest BCUT2D eigenvalue weighted by Gasteiger charge is -2.30. The Morgan fingerprint density at radius 2 is 2.15 bits per heavy atom. The smallest absolute Gasteiger partial charge is 0.230 e.